The molecule has 2 rings (SSSR count). The SMILES string of the molecule is CNCc1cc(S(=O)(=O)Nc2ccc(C)cc2C)c[nH]1. The van der Waals surface area contributed by atoms with Crippen molar-refractivity contribution in [3.05, 3.63) is 47.3 Å². The number of sulfonamides is 1. The smallest absolute Gasteiger partial charge is 0.263 e. The zero-order valence-corrected chi connectivity index (χ0v) is 12.6. The van der Waals surface area contributed by atoms with Gasteiger partial charge in [-0.3, -0.25) is 4.72 Å². The van der Waals surface area contributed by atoms with Gasteiger partial charge in [-0.2, -0.15) is 0 Å². The summed E-state index contributed by atoms with van der Waals surface area (Å²) < 4.78 is 27.2. The molecular formula is C14H19N3O2S. The minimum atomic E-state index is -3.56. The van der Waals surface area contributed by atoms with Gasteiger partial charge in [0.25, 0.3) is 10.0 Å². The van der Waals surface area contributed by atoms with Gasteiger partial charge in [0.15, 0.2) is 0 Å². The zero-order chi connectivity index (χ0) is 14.8. The maximum absolute atomic E-state index is 12.3. The average Bonchev–Trinajstić information content (AvgIpc) is 2.83. The van der Waals surface area contributed by atoms with E-state index in [4.69, 9.17) is 0 Å². The fourth-order valence-electron chi connectivity index (χ4n) is 2.00. The predicted octanol–water partition coefficient (Wildman–Crippen LogP) is 2.15. The molecular weight excluding hydrogens is 274 g/mol. The quantitative estimate of drug-likeness (QED) is 0.791. The summed E-state index contributed by atoms with van der Waals surface area (Å²) in [5.41, 5.74) is 3.43. The number of hydrogen-bond acceptors (Lipinski definition) is 3. The van der Waals surface area contributed by atoms with Gasteiger partial charge in [0.05, 0.1) is 5.69 Å². The monoisotopic (exact) mass is 293 g/mol. The molecule has 0 saturated carbocycles. The Hall–Kier alpha value is -1.79. The fraction of sp³-hybridized carbons (Fsp3) is 0.286. The maximum atomic E-state index is 12.3. The first-order valence-corrected chi connectivity index (χ1v) is 7.82. The highest BCUT2D eigenvalue weighted by atomic mass is 32.2. The van der Waals surface area contributed by atoms with E-state index >= 15 is 0 Å². The van der Waals surface area contributed by atoms with Crippen LogP contribution in [0.4, 0.5) is 5.69 Å². The molecule has 0 radical (unpaired) electrons. The molecule has 3 N–H and O–H groups in total. The summed E-state index contributed by atoms with van der Waals surface area (Å²) in [6.45, 7) is 4.45. The molecule has 0 fully saturated rings. The number of anilines is 1. The maximum Gasteiger partial charge on any atom is 0.263 e. The molecule has 6 heteroatoms. The Kier molecular flexibility index (Phi) is 4.15. The number of nitrogens with one attached hydrogen (secondary N) is 3. The van der Waals surface area contributed by atoms with Crippen molar-refractivity contribution in [2.75, 3.05) is 11.8 Å². The lowest BCUT2D eigenvalue weighted by Gasteiger charge is -2.10. The number of hydrogen-bond donors (Lipinski definition) is 3. The number of aromatic amines is 1. The lowest BCUT2D eigenvalue weighted by Crippen LogP contribution is -2.13. The minimum Gasteiger partial charge on any atom is -0.363 e. The molecule has 0 aliphatic rings. The molecule has 108 valence electrons. The van der Waals surface area contributed by atoms with Crippen molar-refractivity contribution in [3.8, 4) is 0 Å². The summed E-state index contributed by atoms with van der Waals surface area (Å²) in [7, 11) is -1.75. The summed E-state index contributed by atoms with van der Waals surface area (Å²) in [5.74, 6) is 0. The van der Waals surface area contributed by atoms with Gasteiger partial charge in [0.2, 0.25) is 0 Å². The van der Waals surface area contributed by atoms with Crippen LogP contribution in [-0.2, 0) is 16.6 Å². The standard InChI is InChI=1S/C14H19N3O2S/c1-10-4-5-14(11(2)6-10)17-20(18,19)13-7-12(8-15-3)16-9-13/h4-7,9,15-17H,8H2,1-3H3. The molecule has 1 aromatic carbocycles. The highest BCUT2D eigenvalue weighted by molar-refractivity contribution is 7.92. The van der Waals surface area contributed by atoms with Crippen molar-refractivity contribution in [2.24, 2.45) is 0 Å². The Labute approximate surface area is 119 Å². The summed E-state index contributed by atoms with van der Waals surface area (Å²) >= 11 is 0. The molecule has 0 bridgehead atoms. The predicted molar refractivity (Wildman–Crippen MR) is 80.3 cm³/mol. The molecule has 0 saturated heterocycles. The lowest BCUT2D eigenvalue weighted by molar-refractivity contribution is 0.601. The third-order valence-electron chi connectivity index (χ3n) is 3.02. The molecule has 1 aromatic heterocycles. The van der Waals surface area contributed by atoms with Crippen molar-refractivity contribution in [1.29, 1.82) is 0 Å². The Bertz CT molecular complexity index is 705. The Morgan fingerprint density at radius 1 is 1.20 bits per heavy atom. The van der Waals surface area contributed by atoms with E-state index in [1.54, 1.807) is 12.1 Å². The average molecular weight is 293 g/mol. The molecule has 2 aromatic rings. The van der Waals surface area contributed by atoms with Gasteiger partial charge in [-0.1, -0.05) is 17.7 Å². The van der Waals surface area contributed by atoms with Crippen LogP contribution in [0.3, 0.4) is 0 Å². The second-order valence-corrected chi connectivity index (χ2v) is 6.50. The number of benzene rings is 1. The van der Waals surface area contributed by atoms with Crippen LogP contribution >= 0.6 is 0 Å². The van der Waals surface area contributed by atoms with Crippen LogP contribution in [0.5, 0.6) is 0 Å². The molecule has 20 heavy (non-hydrogen) atoms. The van der Waals surface area contributed by atoms with Crippen LogP contribution in [-0.4, -0.2) is 20.4 Å². The van der Waals surface area contributed by atoms with Crippen LogP contribution in [0.25, 0.3) is 0 Å². The van der Waals surface area contributed by atoms with E-state index < -0.39 is 10.0 Å². The number of H-pyrrole nitrogens is 1. The van der Waals surface area contributed by atoms with Crippen LogP contribution in [0.15, 0.2) is 35.4 Å². The molecule has 0 aliphatic heterocycles. The van der Waals surface area contributed by atoms with E-state index in [0.717, 1.165) is 16.8 Å². The first-order valence-electron chi connectivity index (χ1n) is 6.34. The van der Waals surface area contributed by atoms with Crippen molar-refractivity contribution in [3.63, 3.8) is 0 Å². The summed E-state index contributed by atoms with van der Waals surface area (Å²) in [4.78, 5) is 3.18. The third-order valence-corrected chi connectivity index (χ3v) is 4.37. The second kappa shape index (κ2) is 5.68. The van der Waals surface area contributed by atoms with Crippen molar-refractivity contribution >= 4 is 15.7 Å². The van der Waals surface area contributed by atoms with Crippen molar-refractivity contribution < 1.29 is 8.42 Å². The fourth-order valence-corrected chi connectivity index (χ4v) is 3.15. The van der Waals surface area contributed by atoms with Gasteiger partial charge >= 0.3 is 0 Å². The highest BCUT2D eigenvalue weighted by Crippen LogP contribution is 2.21. The van der Waals surface area contributed by atoms with Crippen LogP contribution in [0, 0.1) is 13.8 Å². The van der Waals surface area contributed by atoms with E-state index in [1.165, 1.54) is 6.20 Å². The molecule has 5 nitrogen and oxygen atoms in total. The van der Waals surface area contributed by atoms with E-state index in [0.29, 0.717) is 12.2 Å². The summed E-state index contributed by atoms with van der Waals surface area (Å²) in [6, 6.07) is 7.24. The van der Waals surface area contributed by atoms with E-state index in [9.17, 15) is 8.42 Å². The molecule has 1 heterocycles. The summed E-state index contributed by atoms with van der Waals surface area (Å²) in [6.07, 6.45) is 1.50. The Balaban J connectivity index is 2.26. The van der Waals surface area contributed by atoms with Gasteiger partial charge in [0.1, 0.15) is 4.90 Å². The third kappa shape index (κ3) is 3.20. The van der Waals surface area contributed by atoms with E-state index in [1.807, 2.05) is 33.0 Å². The normalized spacial score (nSPS) is 11.6. The highest BCUT2D eigenvalue weighted by Gasteiger charge is 2.17. The minimum absolute atomic E-state index is 0.239. The first-order chi connectivity index (χ1) is 9.42. The number of aryl methyl sites for hydroxylation is 2. The van der Waals surface area contributed by atoms with Gasteiger partial charge in [-0.25, -0.2) is 8.42 Å². The Morgan fingerprint density at radius 2 is 1.95 bits per heavy atom. The van der Waals surface area contributed by atoms with Gasteiger partial charge < -0.3 is 10.3 Å². The van der Waals surface area contributed by atoms with Gasteiger partial charge in [0, 0.05) is 18.4 Å². The van der Waals surface area contributed by atoms with Crippen LogP contribution in [0.1, 0.15) is 16.8 Å². The topological polar surface area (TPSA) is 74.0 Å². The first kappa shape index (κ1) is 14.6. The van der Waals surface area contributed by atoms with Crippen molar-refractivity contribution in [2.45, 2.75) is 25.3 Å². The molecule has 0 unspecified atom stereocenters. The molecule has 0 atom stereocenters. The molecule has 0 aliphatic carbocycles. The number of rotatable bonds is 5. The lowest BCUT2D eigenvalue weighted by atomic mass is 10.1. The van der Waals surface area contributed by atoms with Crippen LogP contribution in [0.2, 0.25) is 0 Å². The Morgan fingerprint density at radius 3 is 2.60 bits per heavy atom. The summed E-state index contributed by atoms with van der Waals surface area (Å²) in [5, 5.41) is 2.97. The molecule has 0 spiro atoms. The number of aromatic nitrogens is 1. The molecule has 0 amide bonds. The van der Waals surface area contributed by atoms with Gasteiger partial charge in [-0.05, 0) is 38.6 Å². The van der Waals surface area contributed by atoms with E-state index in [-0.39, 0.29) is 4.90 Å². The second-order valence-electron chi connectivity index (χ2n) is 4.81. The zero-order valence-electron chi connectivity index (χ0n) is 11.8. The van der Waals surface area contributed by atoms with Gasteiger partial charge in [-0.15, -0.1) is 0 Å². The van der Waals surface area contributed by atoms with E-state index in [2.05, 4.69) is 15.0 Å². The largest absolute Gasteiger partial charge is 0.363 e. The van der Waals surface area contributed by atoms with Crippen molar-refractivity contribution in [1.82, 2.24) is 10.3 Å². The van der Waals surface area contributed by atoms with Crippen LogP contribution < -0.4 is 10.0 Å².